The molecule has 1 atom stereocenters. The molecule has 0 N–H and O–H groups in total. The zero-order chi connectivity index (χ0) is 23.8. The van der Waals surface area contributed by atoms with Gasteiger partial charge in [-0.3, -0.25) is 14.0 Å². The number of hydrogen-bond acceptors (Lipinski definition) is 4. The number of ketones is 1. The highest BCUT2D eigenvalue weighted by Gasteiger charge is 2.32. The molecule has 0 saturated carbocycles. The van der Waals surface area contributed by atoms with Crippen LogP contribution in [0.1, 0.15) is 64.5 Å². The van der Waals surface area contributed by atoms with Crippen molar-refractivity contribution in [2.75, 3.05) is 13.1 Å². The fraction of sp³-hybridized carbons (Fsp3) is 0.417. The number of pyridine rings is 1. The number of fused-ring (bicyclic) bond motifs is 1. The number of aromatic nitrogens is 3. The number of halogens is 3. The second-order valence-electron chi connectivity index (χ2n) is 8.60. The zero-order valence-corrected chi connectivity index (χ0v) is 18.5. The van der Waals surface area contributed by atoms with Crippen LogP contribution in [0.25, 0.3) is 5.65 Å². The smallest absolute Gasteiger partial charge is 0.342 e. The summed E-state index contributed by atoms with van der Waals surface area (Å²) < 4.78 is 40.8. The maximum absolute atomic E-state index is 13.1. The van der Waals surface area contributed by atoms with Gasteiger partial charge in [0.2, 0.25) is 5.91 Å². The van der Waals surface area contributed by atoms with Gasteiger partial charge in [-0.2, -0.15) is 13.2 Å². The van der Waals surface area contributed by atoms with Crippen molar-refractivity contribution in [3.05, 3.63) is 64.6 Å². The quantitative estimate of drug-likeness (QED) is 0.519. The van der Waals surface area contributed by atoms with Gasteiger partial charge in [-0.05, 0) is 56.0 Å². The first-order valence-electron chi connectivity index (χ1n) is 10.9. The van der Waals surface area contributed by atoms with Gasteiger partial charge in [0.15, 0.2) is 11.4 Å². The highest BCUT2D eigenvalue weighted by atomic mass is 19.4. The Labute approximate surface area is 189 Å². The Morgan fingerprint density at radius 3 is 2.58 bits per heavy atom. The molecule has 2 aromatic heterocycles. The van der Waals surface area contributed by atoms with E-state index < -0.39 is 11.7 Å². The molecule has 4 rings (SSSR count). The highest BCUT2D eigenvalue weighted by molar-refractivity contribution is 5.98. The molecule has 1 saturated heterocycles. The first-order chi connectivity index (χ1) is 15.6. The first-order valence-corrected chi connectivity index (χ1v) is 10.9. The average Bonchev–Trinajstić information content (AvgIpc) is 3.22. The molecule has 174 valence electrons. The van der Waals surface area contributed by atoms with Crippen LogP contribution < -0.4 is 0 Å². The number of carbonyl (C=O) groups excluding carboxylic acids is 2. The molecule has 1 aromatic carbocycles. The van der Waals surface area contributed by atoms with Crippen molar-refractivity contribution in [2.45, 2.75) is 51.6 Å². The van der Waals surface area contributed by atoms with E-state index in [-0.39, 0.29) is 30.4 Å². The number of aryl methyl sites for hydroxylation is 2. The Balaban J connectivity index is 1.43. The number of nitrogens with zero attached hydrogens (tertiary/aromatic N) is 4. The molecule has 1 aliphatic rings. The second-order valence-corrected chi connectivity index (χ2v) is 8.60. The standard InChI is InChI=1S/C24H25F3N4O2/c1-15-5-6-17(12-16(15)2)20(32)8-10-22(33)30-11-3-4-18(13-30)23-29-28-21-9-7-19(14-31(21)23)24(25,26)27/h5-7,9,12,14,18H,3-4,8,10-11,13H2,1-2H3. The van der Waals surface area contributed by atoms with E-state index in [4.69, 9.17) is 0 Å². The number of piperidine rings is 1. The summed E-state index contributed by atoms with van der Waals surface area (Å²) in [6, 6.07) is 7.79. The lowest BCUT2D eigenvalue weighted by Gasteiger charge is -2.32. The summed E-state index contributed by atoms with van der Waals surface area (Å²) in [5, 5.41) is 8.11. The molecule has 1 amide bonds. The van der Waals surface area contributed by atoms with Crippen molar-refractivity contribution < 1.29 is 22.8 Å². The summed E-state index contributed by atoms with van der Waals surface area (Å²) in [5.41, 5.74) is 2.29. The minimum absolute atomic E-state index is 0.0804. The Morgan fingerprint density at radius 2 is 1.85 bits per heavy atom. The monoisotopic (exact) mass is 458 g/mol. The van der Waals surface area contributed by atoms with Crippen molar-refractivity contribution in [2.24, 2.45) is 0 Å². The van der Waals surface area contributed by atoms with E-state index in [0.29, 0.717) is 43.0 Å². The third-order valence-electron chi connectivity index (χ3n) is 6.29. The van der Waals surface area contributed by atoms with Crippen molar-refractivity contribution in [1.29, 1.82) is 0 Å². The third-order valence-corrected chi connectivity index (χ3v) is 6.29. The van der Waals surface area contributed by atoms with E-state index in [1.165, 1.54) is 10.5 Å². The van der Waals surface area contributed by atoms with Crippen LogP contribution in [-0.2, 0) is 11.0 Å². The SMILES string of the molecule is Cc1ccc(C(=O)CCC(=O)N2CCCC(c3nnc4ccc(C(F)(F)F)cn34)C2)cc1C. The lowest BCUT2D eigenvalue weighted by molar-refractivity contribution is -0.137. The van der Waals surface area contributed by atoms with Gasteiger partial charge in [-0.15, -0.1) is 10.2 Å². The van der Waals surface area contributed by atoms with Gasteiger partial charge in [-0.1, -0.05) is 12.1 Å². The highest BCUT2D eigenvalue weighted by Crippen LogP contribution is 2.31. The van der Waals surface area contributed by atoms with Crippen LogP contribution in [0, 0.1) is 13.8 Å². The zero-order valence-electron chi connectivity index (χ0n) is 18.5. The molecule has 0 bridgehead atoms. The Morgan fingerprint density at radius 1 is 1.06 bits per heavy atom. The molecular formula is C24H25F3N4O2. The molecule has 1 fully saturated rings. The van der Waals surface area contributed by atoms with E-state index in [2.05, 4.69) is 10.2 Å². The van der Waals surface area contributed by atoms with Crippen LogP contribution in [0.5, 0.6) is 0 Å². The van der Waals surface area contributed by atoms with Gasteiger partial charge >= 0.3 is 6.18 Å². The Bertz CT molecular complexity index is 1200. The minimum Gasteiger partial charge on any atom is -0.342 e. The summed E-state index contributed by atoms with van der Waals surface area (Å²) in [6.07, 6.45) is -1.85. The predicted octanol–water partition coefficient (Wildman–Crippen LogP) is 4.73. The third kappa shape index (κ3) is 4.91. The van der Waals surface area contributed by atoms with E-state index in [9.17, 15) is 22.8 Å². The lowest BCUT2D eigenvalue weighted by Crippen LogP contribution is -2.39. The molecule has 6 nitrogen and oxygen atoms in total. The number of Topliss-reactive ketones (excluding diaryl/α,β-unsaturated/α-hetero) is 1. The van der Waals surface area contributed by atoms with E-state index in [1.54, 1.807) is 11.0 Å². The molecule has 0 spiro atoms. The summed E-state index contributed by atoms with van der Waals surface area (Å²) in [7, 11) is 0. The molecule has 1 aliphatic heterocycles. The Hall–Kier alpha value is -3.23. The fourth-order valence-corrected chi connectivity index (χ4v) is 4.21. The molecule has 0 radical (unpaired) electrons. The van der Waals surface area contributed by atoms with Crippen molar-refractivity contribution in [1.82, 2.24) is 19.5 Å². The van der Waals surface area contributed by atoms with Gasteiger partial charge in [-0.25, -0.2) is 0 Å². The fourth-order valence-electron chi connectivity index (χ4n) is 4.21. The maximum Gasteiger partial charge on any atom is 0.417 e. The molecule has 0 aliphatic carbocycles. The van der Waals surface area contributed by atoms with Crippen molar-refractivity contribution >= 4 is 17.3 Å². The van der Waals surface area contributed by atoms with Gasteiger partial charge in [0, 0.05) is 43.6 Å². The summed E-state index contributed by atoms with van der Waals surface area (Å²) in [4.78, 5) is 27.0. The van der Waals surface area contributed by atoms with Crippen LogP contribution >= 0.6 is 0 Å². The van der Waals surface area contributed by atoms with Crippen LogP contribution in [-0.4, -0.2) is 44.3 Å². The van der Waals surface area contributed by atoms with Crippen LogP contribution in [0.2, 0.25) is 0 Å². The Kier molecular flexibility index (Phi) is 6.23. The second kappa shape index (κ2) is 8.96. The number of carbonyl (C=O) groups is 2. The first kappa shape index (κ1) is 22.9. The van der Waals surface area contributed by atoms with Crippen LogP contribution in [0.4, 0.5) is 13.2 Å². The van der Waals surface area contributed by atoms with Gasteiger partial charge in [0.05, 0.1) is 5.56 Å². The van der Waals surface area contributed by atoms with Crippen LogP contribution in [0.3, 0.4) is 0 Å². The topological polar surface area (TPSA) is 67.6 Å². The number of alkyl halides is 3. The molecule has 3 heterocycles. The van der Waals surface area contributed by atoms with Crippen LogP contribution in [0.15, 0.2) is 36.5 Å². The maximum atomic E-state index is 13.1. The number of rotatable bonds is 5. The normalized spacial score (nSPS) is 16.9. The lowest BCUT2D eigenvalue weighted by atomic mass is 9.96. The van der Waals surface area contributed by atoms with Gasteiger partial charge in [0.25, 0.3) is 0 Å². The molecule has 33 heavy (non-hydrogen) atoms. The average molecular weight is 458 g/mol. The largest absolute Gasteiger partial charge is 0.417 e. The summed E-state index contributed by atoms with van der Waals surface area (Å²) >= 11 is 0. The predicted molar refractivity (Wildman–Crippen MR) is 116 cm³/mol. The summed E-state index contributed by atoms with van der Waals surface area (Å²) in [6.45, 7) is 4.81. The van der Waals surface area contributed by atoms with E-state index in [0.717, 1.165) is 23.4 Å². The van der Waals surface area contributed by atoms with Crippen molar-refractivity contribution in [3.8, 4) is 0 Å². The number of likely N-dealkylation sites (tertiary alicyclic amines) is 1. The van der Waals surface area contributed by atoms with Gasteiger partial charge in [0.1, 0.15) is 5.82 Å². The molecular weight excluding hydrogens is 433 g/mol. The van der Waals surface area contributed by atoms with E-state index in [1.807, 2.05) is 26.0 Å². The van der Waals surface area contributed by atoms with Crippen molar-refractivity contribution in [3.63, 3.8) is 0 Å². The molecule has 3 aromatic rings. The number of hydrogen-bond donors (Lipinski definition) is 0. The number of amides is 1. The molecule has 9 heteroatoms. The minimum atomic E-state index is -4.47. The summed E-state index contributed by atoms with van der Waals surface area (Å²) in [5.74, 6) is -0.0266. The number of benzene rings is 1. The molecule has 1 unspecified atom stereocenters. The van der Waals surface area contributed by atoms with E-state index >= 15 is 0 Å². The van der Waals surface area contributed by atoms with Gasteiger partial charge < -0.3 is 4.90 Å².